The third-order valence-corrected chi connectivity index (χ3v) is 5.95. The van der Waals surface area contributed by atoms with Crippen LogP contribution in [0, 0.1) is 6.92 Å². The molecular formula is C16H23N3O5S. The van der Waals surface area contributed by atoms with Crippen molar-refractivity contribution in [2.75, 3.05) is 35.9 Å². The lowest BCUT2D eigenvalue weighted by Crippen LogP contribution is -2.48. The molecule has 0 saturated carbocycles. The molecule has 8 nitrogen and oxygen atoms in total. The summed E-state index contributed by atoms with van der Waals surface area (Å²) in [5, 5.41) is 8.14. The van der Waals surface area contributed by atoms with Crippen molar-refractivity contribution in [2.45, 2.75) is 25.8 Å². The third kappa shape index (κ3) is 5.17. The van der Waals surface area contributed by atoms with Crippen LogP contribution in [0.3, 0.4) is 0 Å². The number of carbonyl (C=O) groups is 2. The molecule has 0 spiro atoms. The van der Waals surface area contributed by atoms with Gasteiger partial charge in [-0.2, -0.15) is 0 Å². The zero-order valence-electron chi connectivity index (χ0n) is 14.5. The number of benzene rings is 1. The Morgan fingerprint density at radius 2 is 1.88 bits per heavy atom. The highest BCUT2D eigenvalue weighted by Gasteiger charge is 2.39. The zero-order chi connectivity index (χ0) is 18.7. The average molecular weight is 369 g/mol. The highest BCUT2D eigenvalue weighted by atomic mass is 32.2. The lowest BCUT2D eigenvalue weighted by molar-refractivity contribution is -0.119. The highest BCUT2D eigenvalue weighted by Crippen LogP contribution is 2.25. The van der Waals surface area contributed by atoms with E-state index in [-0.39, 0.29) is 24.0 Å². The van der Waals surface area contributed by atoms with Crippen LogP contribution >= 0.6 is 0 Å². The molecule has 0 bridgehead atoms. The lowest BCUT2D eigenvalue weighted by atomic mass is 10.0. The fourth-order valence-electron chi connectivity index (χ4n) is 2.76. The second kappa shape index (κ2) is 7.40. The first-order valence-electron chi connectivity index (χ1n) is 7.82. The molecule has 1 aliphatic heterocycles. The minimum absolute atomic E-state index is 0.0651. The number of amides is 3. The Kier molecular flexibility index (Phi) is 5.69. The van der Waals surface area contributed by atoms with E-state index in [1.807, 2.05) is 0 Å². The van der Waals surface area contributed by atoms with Crippen LogP contribution in [0.2, 0.25) is 0 Å². The van der Waals surface area contributed by atoms with Crippen LogP contribution in [-0.4, -0.2) is 51.1 Å². The summed E-state index contributed by atoms with van der Waals surface area (Å²) >= 11 is 0. The van der Waals surface area contributed by atoms with Crippen molar-refractivity contribution in [2.24, 2.45) is 0 Å². The molecule has 0 aromatic heterocycles. The molecule has 25 heavy (non-hydrogen) atoms. The molecule has 1 fully saturated rings. The van der Waals surface area contributed by atoms with E-state index in [0.29, 0.717) is 23.4 Å². The van der Waals surface area contributed by atoms with Gasteiger partial charge >= 0.3 is 6.03 Å². The van der Waals surface area contributed by atoms with Crippen LogP contribution in [0.25, 0.3) is 0 Å². The van der Waals surface area contributed by atoms with Gasteiger partial charge in [0.2, 0.25) is 5.91 Å². The predicted molar refractivity (Wildman–Crippen MR) is 95.5 cm³/mol. The van der Waals surface area contributed by atoms with E-state index in [1.165, 1.54) is 7.11 Å². The van der Waals surface area contributed by atoms with Gasteiger partial charge in [0.15, 0.2) is 9.84 Å². The number of urea groups is 1. The van der Waals surface area contributed by atoms with Gasteiger partial charge in [0.25, 0.3) is 0 Å². The zero-order valence-corrected chi connectivity index (χ0v) is 15.3. The molecule has 0 radical (unpaired) electrons. The monoisotopic (exact) mass is 369 g/mol. The van der Waals surface area contributed by atoms with Crippen LogP contribution < -0.4 is 16.0 Å². The van der Waals surface area contributed by atoms with Crippen LogP contribution in [-0.2, 0) is 19.4 Å². The number of hydrogen-bond donors (Lipinski definition) is 3. The minimum Gasteiger partial charge on any atom is -0.375 e. The molecule has 1 aromatic carbocycles. The quantitative estimate of drug-likeness (QED) is 0.723. The number of methoxy groups -OCH3 is 1. The molecule has 1 aromatic rings. The smallest absolute Gasteiger partial charge is 0.319 e. The van der Waals surface area contributed by atoms with Gasteiger partial charge in [0.05, 0.1) is 17.0 Å². The molecule has 3 amide bonds. The fraction of sp³-hybridized carbons (Fsp3) is 0.500. The maximum absolute atomic E-state index is 12.2. The molecule has 1 saturated heterocycles. The van der Waals surface area contributed by atoms with Crippen molar-refractivity contribution in [3.63, 3.8) is 0 Å². The van der Waals surface area contributed by atoms with Gasteiger partial charge in [-0.1, -0.05) is 6.07 Å². The summed E-state index contributed by atoms with van der Waals surface area (Å²) in [7, 11) is -1.68. The van der Waals surface area contributed by atoms with E-state index in [4.69, 9.17) is 4.74 Å². The van der Waals surface area contributed by atoms with Crippen LogP contribution in [0.5, 0.6) is 0 Å². The highest BCUT2D eigenvalue weighted by molar-refractivity contribution is 7.91. The molecule has 1 heterocycles. The van der Waals surface area contributed by atoms with Gasteiger partial charge < -0.3 is 20.7 Å². The van der Waals surface area contributed by atoms with Crippen molar-refractivity contribution in [1.29, 1.82) is 0 Å². The van der Waals surface area contributed by atoms with E-state index >= 15 is 0 Å². The molecule has 1 aliphatic rings. The molecule has 9 heteroatoms. The SMILES string of the molecule is COCC(=O)Nc1cccc(NC(=O)NC2(C)CCS(=O)(=O)C2)c1C. The second-order valence-corrected chi connectivity index (χ2v) is 8.63. The number of sulfone groups is 1. The third-order valence-electron chi connectivity index (χ3n) is 4.05. The first-order chi connectivity index (χ1) is 11.6. The molecular weight excluding hydrogens is 346 g/mol. The Morgan fingerprint density at radius 1 is 1.24 bits per heavy atom. The Labute approximate surface area is 147 Å². The molecule has 3 N–H and O–H groups in total. The van der Waals surface area contributed by atoms with Gasteiger partial charge in [-0.3, -0.25) is 4.79 Å². The van der Waals surface area contributed by atoms with Crippen molar-refractivity contribution in [1.82, 2.24) is 5.32 Å². The predicted octanol–water partition coefficient (Wildman–Crippen LogP) is 1.28. The lowest BCUT2D eigenvalue weighted by Gasteiger charge is -2.24. The minimum atomic E-state index is -3.11. The van der Waals surface area contributed by atoms with E-state index in [0.717, 1.165) is 0 Å². The van der Waals surface area contributed by atoms with Gasteiger partial charge in [-0.05, 0) is 38.0 Å². The number of rotatable bonds is 5. The van der Waals surface area contributed by atoms with E-state index < -0.39 is 21.4 Å². The molecule has 1 atom stereocenters. The summed E-state index contributed by atoms with van der Waals surface area (Å²) in [6, 6.07) is 4.64. The molecule has 138 valence electrons. The normalized spacial score (nSPS) is 21.6. The van der Waals surface area contributed by atoms with Crippen LogP contribution in [0.1, 0.15) is 18.9 Å². The summed E-state index contributed by atoms with van der Waals surface area (Å²) in [6.07, 6.45) is 0.384. The van der Waals surface area contributed by atoms with Gasteiger partial charge in [0.1, 0.15) is 6.61 Å². The van der Waals surface area contributed by atoms with Crippen molar-refractivity contribution in [3.8, 4) is 0 Å². The maximum atomic E-state index is 12.2. The van der Waals surface area contributed by atoms with E-state index in [1.54, 1.807) is 32.0 Å². The summed E-state index contributed by atoms with van der Waals surface area (Å²) in [5.41, 5.74) is 0.999. The van der Waals surface area contributed by atoms with E-state index in [2.05, 4.69) is 16.0 Å². The Bertz CT molecular complexity index is 778. The summed E-state index contributed by atoms with van der Waals surface area (Å²) in [5.74, 6) is -0.292. The first-order valence-corrected chi connectivity index (χ1v) is 9.64. The average Bonchev–Trinajstić information content (AvgIpc) is 2.76. The number of hydrogen-bond acceptors (Lipinski definition) is 5. The largest absolute Gasteiger partial charge is 0.375 e. The summed E-state index contributed by atoms with van der Waals surface area (Å²) in [6.45, 7) is 3.41. The first kappa shape index (κ1) is 19.2. The maximum Gasteiger partial charge on any atom is 0.319 e. The summed E-state index contributed by atoms with van der Waals surface area (Å²) in [4.78, 5) is 23.9. The molecule has 0 aliphatic carbocycles. The second-order valence-electron chi connectivity index (χ2n) is 6.44. The molecule has 2 rings (SSSR count). The van der Waals surface area contributed by atoms with Gasteiger partial charge in [-0.15, -0.1) is 0 Å². The Balaban J connectivity index is 2.05. The van der Waals surface area contributed by atoms with Crippen molar-refractivity contribution >= 4 is 33.2 Å². The fourth-order valence-corrected chi connectivity index (χ4v) is 4.85. The Hall–Kier alpha value is -2.13. The number of anilines is 2. The van der Waals surface area contributed by atoms with Crippen molar-refractivity contribution < 1.29 is 22.7 Å². The topological polar surface area (TPSA) is 114 Å². The number of ether oxygens (including phenoxy) is 1. The van der Waals surface area contributed by atoms with Gasteiger partial charge in [0, 0.05) is 18.5 Å². The number of carbonyl (C=O) groups excluding carboxylic acids is 2. The summed E-state index contributed by atoms with van der Waals surface area (Å²) < 4.78 is 28.0. The van der Waals surface area contributed by atoms with Crippen molar-refractivity contribution in [3.05, 3.63) is 23.8 Å². The van der Waals surface area contributed by atoms with Crippen LogP contribution in [0.4, 0.5) is 16.2 Å². The van der Waals surface area contributed by atoms with Crippen LogP contribution in [0.15, 0.2) is 18.2 Å². The molecule has 1 unspecified atom stereocenters. The standard InChI is InChI=1S/C16H23N3O5S/c1-11-12(17-14(20)9-24-3)5-4-6-13(11)18-15(21)19-16(2)7-8-25(22,23)10-16/h4-6H,7-10H2,1-3H3,(H,17,20)(H2,18,19,21). The van der Waals surface area contributed by atoms with E-state index in [9.17, 15) is 18.0 Å². The number of nitrogens with one attached hydrogen (secondary N) is 3. The Morgan fingerprint density at radius 3 is 2.44 bits per heavy atom. The van der Waals surface area contributed by atoms with Gasteiger partial charge in [-0.25, -0.2) is 13.2 Å².